The molecule has 0 saturated carbocycles. The minimum Gasteiger partial charge on any atom is -0.358 e. The van der Waals surface area contributed by atoms with Gasteiger partial charge in [0.15, 0.2) is 0 Å². The van der Waals surface area contributed by atoms with Crippen LogP contribution in [0.4, 0.5) is 0 Å². The lowest BCUT2D eigenvalue weighted by Crippen LogP contribution is -2.26. The molecule has 0 unspecified atom stereocenters. The standard InChI is InChI=1S/C20H18ClN3O/c1-12-15(16-4-2-3-5-18(16)23-12)8-9-22-20(25)19-11-13-10-14(21)6-7-17(13)24-19/h2-7,10-11,23-24H,8-9H2,1H3,(H,22,25). The zero-order valence-electron chi connectivity index (χ0n) is 13.8. The van der Waals surface area contributed by atoms with E-state index in [2.05, 4.69) is 34.3 Å². The van der Waals surface area contributed by atoms with Crippen molar-refractivity contribution in [2.75, 3.05) is 6.54 Å². The Morgan fingerprint density at radius 1 is 1.08 bits per heavy atom. The van der Waals surface area contributed by atoms with Gasteiger partial charge in [0, 0.05) is 39.1 Å². The van der Waals surface area contributed by atoms with E-state index in [-0.39, 0.29) is 5.91 Å². The number of benzene rings is 2. The van der Waals surface area contributed by atoms with Crippen molar-refractivity contribution in [1.29, 1.82) is 0 Å². The summed E-state index contributed by atoms with van der Waals surface area (Å²) < 4.78 is 0. The van der Waals surface area contributed by atoms with E-state index in [9.17, 15) is 4.79 Å². The van der Waals surface area contributed by atoms with Crippen molar-refractivity contribution in [1.82, 2.24) is 15.3 Å². The summed E-state index contributed by atoms with van der Waals surface area (Å²) in [6.45, 7) is 2.65. The van der Waals surface area contributed by atoms with Gasteiger partial charge in [-0.25, -0.2) is 0 Å². The van der Waals surface area contributed by atoms with Gasteiger partial charge in [-0.3, -0.25) is 4.79 Å². The topological polar surface area (TPSA) is 60.7 Å². The number of aryl methyl sites for hydroxylation is 1. The zero-order valence-corrected chi connectivity index (χ0v) is 14.6. The molecule has 4 nitrogen and oxygen atoms in total. The zero-order chi connectivity index (χ0) is 17.4. The average molecular weight is 352 g/mol. The van der Waals surface area contributed by atoms with Gasteiger partial charge >= 0.3 is 0 Å². The molecule has 25 heavy (non-hydrogen) atoms. The van der Waals surface area contributed by atoms with Gasteiger partial charge in [0.05, 0.1) is 0 Å². The molecular weight excluding hydrogens is 334 g/mol. The van der Waals surface area contributed by atoms with Crippen LogP contribution in [0.3, 0.4) is 0 Å². The first-order valence-corrected chi connectivity index (χ1v) is 8.62. The quantitative estimate of drug-likeness (QED) is 0.495. The van der Waals surface area contributed by atoms with Crippen LogP contribution in [0.25, 0.3) is 21.8 Å². The van der Waals surface area contributed by atoms with Gasteiger partial charge in [0.1, 0.15) is 5.69 Å². The van der Waals surface area contributed by atoms with Crippen LogP contribution in [0.1, 0.15) is 21.7 Å². The second-order valence-electron chi connectivity index (χ2n) is 6.19. The van der Waals surface area contributed by atoms with Gasteiger partial charge < -0.3 is 15.3 Å². The first-order chi connectivity index (χ1) is 12.1. The minimum atomic E-state index is -0.107. The monoisotopic (exact) mass is 351 g/mol. The molecule has 0 radical (unpaired) electrons. The SMILES string of the molecule is Cc1[nH]c2ccccc2c1CCNC(=O)c1cc2cc(Cl)ccc2[nH]1. The second kappa shape index (κ2) is 6.30. The maximum absolute atomic E-state index is 12.4. The van der Waals surface area contributed by atoms with Crippen LogP contribution >= 0.6 is 11.6 Å². The third-order valence-electron chi connectivity index (χ3n) is 4.51. The molecule has 0 spiro atoms. The summed E-state index contributed by atoms with van der Waals surface area (Å²) in [5, 5.41) is 5.80. The summed E-state index contributed by atoms with van der Waals surface area (Å²) >= 11 is 5.99. The lowest BCUT2D eigenvalue weighted by atomic mass is 10.1. The highest BCUT2D eigenvalue weighted by Gasteiger charge is 2.11. The van der Waals surface area contributed by atoms with Gasteiger partial charge in [0.25, 0.3) is 5.91 Å². The van der Waals surface area contributed by atoms with E-state index in [1.807, 2.05) is 36.4 Å². The predicted molar refractivity (Wildman–Crippen MR) is 102 cm³/mol. The van der Waals surface area contributed by atoms with E-state index >= 15 is 0 Å². The summed E-state index contributed by atoms with van der Waals surface area (Å²) in [7, 11) is 0. The largest absolute Gasteiger partial charge is 0.358 e. The average Bonchev–Trinajstić information content (AvgIpc) is 3.15. The lowest BCUT2D eigenvalue weighted by Gasteiger charge is -2.04. The van der Waals surface area contributed by atoms with E-state index in [0.717, 1.165) is 28.5 Å². The second-order valence-corrected chi connectivity index (χ2v) is 6.63. The molecule has 4 aromatic rings. The van der Waals surface area contributed by atoms with Gasteiger partial charge in [-0.05, 0) is 49.2 Å². The molecule has 0 bridgehead atoms. The summed E-state index contributed by atoms with van der Waals surface area (Å²) in [4.78, 5) is 18.9. The number of aromatic amines is 2. The summed E-state index contributed by atoms with van der Waals surface area (Å²) in [5.74, 6) is -0.107. The van der Waals surface area contributed by atoms with E-state index < -0.39 is 0 Å². The molecule has 2 aromatic carbocycles. The lowest BCUT2D eigenvalue weighted by molar-refractivity contribution is 0.0950. The number of carbonyl (C=O) groups excluding carboxylic acids is 1. The molecule has 2 aromatic heterocycles. The maximum Gasteiger partial charge on any atom is 0.267 e. The number of rotatable bonds is 4. The van der Waals surface area contributed by atoms with E-state index in [0.29, 0.717) is 17.3 Å². The fraction of sp³-hybridized carbons (Fsp3) is 0.150. The van der Waals surface area contributed by atoms with Crippen LogP contribution in [-0.4, -0.2) is 22.4 Å². The molecule has 0 saturated heterocycles. The number of para-hydroxylation sites is 1. The van der Waals surface area contributed by atoms with Crippen molar-refractivity contribution >= 4 is 39.3 Å². The maximum atomic E-state index is 12.4. The molecule has 0 fully saturated rings. The molecule has 126 valence electrons. The van der Waals surface area contributed by atoms with Crippen LogP contribution in [0, 0.1) is 6.92 Å². The van der Waals surface area contributed by atoms with Crippen LogP contribution in [0.2, 0.25) is 5.02 Å². The fourth-order valence-electron chi connectivity index (χ4n) is 3.28. The van der Waals surface area contributed by atoms with E-state index in [4.69, 9.17) is 11.6 Å². The molecular formula is C20H18ClN3O. The van der Waals surface area contributed by atoms with E-state index in [1.54, 1.807) is 0 Å². The molecule has 0 atom stereocenters. The van der Waals surface area contributed by atoms with Crippen LogP contribution in [-0.2, 0) is 6.42 Å². The van der Waals surface area contributed by atoms with Gasteiger partial charge in [-0.2, -0.15) is 0 Å². The Kier molecular flexibility index (Phi) is 3.98. The molecule has 5 heteroatoms. The van der Waals surface area contributed by atoms with Crippen molar-refractivity contribution < 1.29 is 4.79 Å². The molecule has 3 N–H and O–H groups in total. The number of H-pyrrole nitrogens is 2. The highest BCUT2D eigenvalue weighted by molar-refractivity contribution is 6.31. The molecule has 0 aliphatic heterocycles. The normalized spacial score (nSPS) is 11.3. The number of hydrogen-bond acceptors (Lipinski definition) is 1. The van der Waals surface area contributed by atoms with Gasteiger partial charge in [0.2, 0.25) is 0 Å². The Bertz CT molecular complexity index is 1080. The Morgan fingerprint density at radius 2 is 1.92 bits per heavy atom. The molecule has 0 aliphatic carbocycles. The number of hydrogen-bond donors (Lipinski definition) is 3. The van der Waals surface area contributed by atoms with Crippen molar-refractivity contribution in [2.24, 2.45) is 0 Å². The molecule has 4 rings (SSSR count). The molecule has 1 amide bonds. The summed E-state index contributed by atoms with van der Waals surface area (Å²) in [5.41, 5.74) is 4.98. The predicted octanol–water partition coefficient (Wildman–Crippen LogP) is 4.58. The Balaban J connectivity index is 1.47. The first kappa shape index (κ1) is 15.8. The first-order valence-electron chi connectivity index (χ1n) is 8.24. The van der Waals surface area contributed by atoms with Crippen molar-refractivity contribution in [3.8, 4) is 0 Å². The number of carbonyl (C=O) groups is 1. The van der Waals surface area contributed by atoms with Crippen molar-refractivity contribution in [3.63, 3.8) is 0 Å². The number of halogens is 1. The Hall–Kier alpha value is -2.72. The van der Waals surface area contributed by atoms with Crippen molar-refractivity contribution in [2.45, 2.75) is 13.3 Å². The van der Waals surface area contributed by atoms with E-state index in [1.165, 1.54) is 10.9 Å². The fourth-order valence-corrected chi connectivity index (χ4v) is 3.46. The van der Waals surface area contributed by atoms with Gasteiger partial charge in [-0.1, -0.05) is 29.8 Å². The smallest absolute Gasteiger partial charge is 0.267 e. The number of amides is 1. The van der Waals surface area contributed by atoms with Crippen LogP contribution in [0.15, 0.2) is 48.5 Å². The molecule has 2 heterocycles. The molecule has 0 aliphatic rings. The third kappa shape index (κ3) is 3.01. The highest BCUT2D eigenvalue weighted by atomic mass is 35.5. The Labute approximate surface area is 150 Å². The van der Waals surface area contributed by atoms with Gasteiger partial charge in [-0.15, -0.1) is 0 Å². The third-order valence-corrected chi connectivity index (χ3v) is 4.75. The van der Waals surface area contributed by atoms with Crippen LogP contribution in [0.5, 0.6) is 0 Å². The number of aromatic nitrogens is 2. The Morgan fingerprint density at radius 3 is 2.80 bits per heavy atom. The minimum absolute atomic E-state index is 0.107. The summed E-state index contributed by atoms with van der Waals surface area (Å²) in [6.07, 6.45) is 0.785. The summed E-state index contributed by atoms with van der Waals surface area (Å²) in [6, 6.07) is 15.6. The van der Waals surface area contributed by atoms with Crippen LogP contribution < -0.4 is 5.32 Å². The van der Waals surface area contributed by atoms with Crippen molar-refractivity contribution in [3.05, 3.63) is 70.5 Å². The number of fused-ring (bicyclic) bond motifs is 2. The highest BCUT2D eigenvalue weighted by Crippen LogP contribution is 2.22. The number of nitrogens with one attached hydrogen (secondary N) is 3.